The highest BCUT2D eigenvalue weighted by molar-refractivity contribution is 7.89. The van der Waals surface area contributed by atoms with Crippen molar-refractivity contribution in [3.05, 3.63) is 29.8 Å². The zero-order valence-electron chi connectivity index (χ0n) is 13.4. The molecule has 1 saturated heterocycles. The quantitative estimate of drug-likeness (QED) is 0.849. The Kier molecular flexibility index (Phi) is 7.28. The van der Waals surface area contributed by atoms with E-state index in [1.807, 2.05) is 26.2 Å². The lowest BCUT2D eigenvalue weighted by Crippen LogP contribution is -2.46. The maximum absolute atomic E-state index is 12.4. The topological polar surface area (TPSA) is 61.4 Å². The molecule has 1 aliphatic rings. The third-order valence-corrected chi connectivity index (χ3v) is 5.21. The fourth-order valence-corrected chi connectivity index (χ4v) is 3.95. The van der Waals surface area contributed by atoms with Crippen LogP contribution in [0, 0.1) is 0 Å². The average molecular weight is 348 g/mol. The lowest BCUT2D eigenvalue weighted by atomic mass is 10.0. The molecule has 0 spiro atoms. The lowest BCUT2D eigenvalue weighted by Gasteiger charge is -2.28. The van der Waals surface area contributed by atoms with Gasteiger partial charge in [-0.2, -0.15) is 0 Å². The molecule has 7 heteroatoms. The molecule has 126 valence electrons. The van der Waals surface area contributed by atoms with Crippen molar-refractivity contribution in [1.29, 1.82) is 0 Å². The summed E-state index contributed by atoms with van der Waals surface area (Å²) >= 11 is 0. The third kappa shape index (κ3) is 5.52. The van der Waals surface area contributed by atoms with Crippen molar-refractivity contribution in [1.82, 2.24) is 14.9 Å². The molecule has 1 aromatic carbocycles. The van der Waals surface area contributed by atoms with Crippen molar-refractivity contribution in [2.45, 2.75) is 43.3 Å². The molecule has 2 unspecified atom stereocenters. The second kappa shape index (κ2) is 8.26. The molecule has 5 nitrogen and oxygen atoms in total. The molecule has 1 fully saturated rings. The number of sulfonamides is 1. The summed E-state index contributed by atoms with van der Waals surface area (Å²) in [5.74, 6) is 0. The molecule has 1 heterocycles. The van der Waals surface area contributed by atoms with E-state index >= 15 is 0 Å². The monoisotopic (exact) mass is 347 g/mol. The van der Waals surface area contributed by atoms with Crippen LogP contribution in [0.3, 0.4) is 0 Å². The highest BCUT2D eigenvalue weighted by Crippen LogP contribution is 2.15. The van der Waals surface area contributed by atoms with Crippen LogP contribution in [0.1, 0.15) is 25.3 Å². The van der Waals surface area contributed by atoms with Crippen molar-refractivity contribution in [3.63, 3.8) is 0 Å². The van der Waals surface area contributed by atoms with Crippen LogP contribution in [0.15, 0.2) is 29.2 Å². The number of nitrogens with zero attached hydrogens (tertiary/aromatic N) is 1. The molecule has 2 atom stereocenters. The van der Waals surface area contributed by atoms with E-state index in [4.69, 9.17) is 0 Å². The first-order chi connectivity index (χ1) is 9.87. The van der Waals surface area contributed by atoms with Gasteiger partial charge in [-0.3, -0.25) is 0 Å². The van der Waals surface area contributed by atoms with Crippen LogP contribution >= 0.6 is 12.4 Å². The molecule has 0 aliphatic carbocycles. The molecule has 0 amide bonds. The zero-order chi connectivity index (χ0) is 15.5. The first-order valence-corrected chi connectivity index (χ1v) is 8.84. The standard InChI is InChI=1S/C15H25N3O2S.ClH/c1-12-10-14(8-9-16-12)17-21(19,20)15-6-4-13(5-7-15)11-18(2)3;/h4-7,12,14,16-17H,8-11H2,1-3H3;1H. The van der Waals surface area contributed by atoms with Crippen LogP contribution in [0.5, 0.6) is 0 Å². The Bertz CT molecular complexity index is 561. The van der Waals surface area contributed by atoms with Gasteiger partial charge < -0.3 is 10.2 Å². The van der Waals surface area contributed by atoms with Crippen LogP contribution in [-0.4, -0.2) is 46.0 Å². The molecule has 0 bridgehead atoms. The van der Waals surface area contributed by atoms with E-state index in [-0.39, 0.29) is 18.4 Å². The average Bonchev–Trinajstić information content (AvgIpc) is 2.38. The van der Waals surface area contributed by atoms with Crippen LogP contribution < -0.4 is 10.0 Å². The molecule has 22 heavy (non-hydrogen) atoms. The molecule has 2 rings (SSSR count). The largest absolute Gasteiger partial charge is 0.314 e. The van der Waals surface area contributed by atoms with Crippen LogP contribution in [-0.2, 0) is 16.6 Å². The summed E-state index contributed by atoms with van der Waals surface area (Å²) in [6.45, 7) is 3.74. The Morgan fingerprint density at radius 2 is 1.91 bits per heavy atom. The van der Waals surface area contributed by atoms with Gasteiger partial charge in [0.05, 0.1) is 4.90 Å². The van der Waals surface area contributed by atoms with E-state index in [1.54, 1.807) is 12.1 Å². The number of hydrogen-bond acceptors (Lipinski definition) is 4. The Hall–Kier alpha value is -0.660. The molecule has 1 aromatic rings. The second-order valence-electron chi connectivity index (χ2n) is 6.08. The molecular formula is C15H26ClN3O2S. The van der Waals surface area contributed by atoms with Gasteiger partial charge in [0.1, 0.15) is 0 Å². The van der Waals surface area contributed by atoms with Gasteiger partial charge in [-0.25, -0.2) is 13.1 Å². The van der Waals surface area contributed by atoms with Crippen LogP contribution in [0.25, 0.3) is 0 Å². The van der Waals surface area contributed by atoms with Crippen LogP contribution in [0.2, 0.25) is 0 Å². The summed E-state index contributed by atoms with van der Waals surface area (Å²) in [4.78, 5) is 2.40. The predicted molar refractivity (Wildman–Crippen MR) is 91.9 cm³/mol. The Labute approximate surface area is 139 Å². The summed E-state index contributed by atoms with van der Waals surface area (Å²) in [6, 6.07) is 7.50. The van der Waals surface area contributed by atoms with Crippen molar-refractivity contribution in [3.8, 4) is 0 Å². The summed E-state index contributed by atoms with van der Waals surface area (Å²) < 4.78 is 27.6. The Balaban J connectivity index is 0.00000242. The third-order valence-electron chi connectivity index (χ3n) is 3.68. The van der Waals surface area contributed by atoms with Crippen molar-refractivity contribution < 1.29 is 8.42 Å². The molecule has 0 aromatic heterocycles. The molecule has 0 radical (unpaired) electrons. The highest BCUT2D eigenvalue weighted by Gasteiger charge is 2.24. The van der Waals surface area contributed by atoms with Crippen molar-refractivity contribution in [2.24, 2.45) is 0 Å². The smallest absolute Gasteiger partial charge is 0.240 e. The molecule has 0 saturated carbocycles. The Morgan fingerprint density at radius 3 is 2.45 bits per heavy atom. The zero-order valence-corrected chi connectivity index (χ0v) is 15.0. The van der Waals surface area contributed by atoms with Gasteiger partial charge in [-0.15, -0.1) is 12.4 Å². The van der Waals surface area contributed by atoms with Gasteiger partial charge in [0.2, 0.25) is 10.0 Å². The molecule has 2 N–H and O–H groups in total. The van der Waals surface area contributed by atoms with Gasteiger partial charge in [-0.05, 0) is 58.1 Å². The Morgan fingerprint density at radius 1 is 1.27 bits per heavy atom. The SMILES string of the molecule is CC1CC(NS(=O)(=O)c2ccc(CN(C)C)cc2)CCN1.Cl. The van der Waals surface area contributed by atoms with Crippen LogP contribution in [0.4, 0.5) is 0 Å². The first kappa shape index (κ1) is 19.4. The predicted octanol–water partition coefficient (Wildman–Crippen LogP) is 1.59. The van der Waals surface area contributed by atoms with E-state index in [2.05, 4.69) is 21.9 Å². The lowest BCUT2D eigenvalue weighted by molar-refractivity contribution is 0.361. The van der Waals surface area contributed by atoms with Crippen molar-refractivity contribution >= 4 is 22.4 Å². The first-order valence-electron chi connectivity index (χ1n) is 7.36. The van der Waals surface area contributed by atoms with Crippen molar-refractivity contribution in [2.75, 3.05) is 20.6 Å². The number of hydrogen-bond donors (Lipinski definition) is 2. The minimum Gasteiger partial charge on any atom is -0.314 e. The van der Waals surface area contributed by atoms with Gasteiger partial charge in [0, 0.05) is 18.6 Å². The minimum atomic E-state index is -3.42. The second-order valence-corrected chi connectivity index (χ2v) is 7.79. The van der Waals surface area contributed by atoms with Gasteiger partial charge >= 0.3 is 0 Å². The maximum Gasteiger partial charge on any atom is 0.240 e. The van der Waals surface area contributed by atoms with Gasteiger partial charge in [-0.1, -0.05) is 12.1 Å². The normalized spacial score (nSPS) is 22.4. The highest BCUT2D eigenvalue weighted by atomic mass is 35.5. The maximum atomic E-state index is 12.4. The molecule has 1 aliphatic heterocycles. The number of rotatable bonds is 5. The van der Waals surface area contributed by atoms with E-state index in [0.29, 0.717) is 10.9 Å². The van der Waals surface area contributed by atoms with E-state index < -0.39 is 10.0 Å². The number of benzene rings is 1. The van der Waals surface area contributed by atoms with E-state index in [1.165, 1.54) is 0 Å². The molecular weight excluding hydrogens is 322 g/mol. The number of piperidine rings is 1. The fourth-order valence-electron chi connectivity index (χ4n) is 2.67. The fraction of sp³-hybridized carbons (Fsp3) is 0.600. The van der Waals surface area contributed by atoms with Gasteiger partial charge in [0.25, 0.3) is 0 Å². The summed E-state index contributed by atoms with van der Waals surface area (Å²) in [5.41, 5.74) is 1.11. The van der Waals surface area contributed by atoms with E-state index in [9.17, 15) is 8.42 Å². The van der Waals surface area contributed by atoms with E-state index in [0.717, 1.165) is 31.5 Å². The number of halogens is 1. The summed E-state index contributed by atoms with van der Waals surface area (Å²) in [6.07, 6.45) is 1.67. The number of nitrogens with one attached hydrogen (secondary N) is 2. The van der Waals surface area contributed by atoms with Gasteiger partial charge in [0.15, 0.2) is 0 Å². The minimum absolute atomic E-state index is 0. The summed E-state index contributed by atoms with van der Waals surface area (Å²) in [5, 5.41) is 3.32. The summed E-state index contributed by atoms with van der Waals surface area (Å²) in [7, 11) is 0.561.